The highest BCUT2D eigenvalue weighted by Crippen LogP contribution is 2.33. The summed E-state index contributed by atoms with van der Waals surface area (Å²) in [4.78, 5) is 28.7. The molecule has 0 aliphatic heterocycles. The fraction of sp³-hybridized carbons (Fsp3) is 0.394. The topological polar surface area (TPSA) is 114 Å². The van der Waals surface area contributed by atoms with E-state index in [1.807, 2.05) is 52.0 Å². The van der Waals surface area contributed by atoms with Gasteiger partial charge in [0.1, 0.15) is 18.3 Å². The molecule has 0 saturated heterocycles. The van der Waals surface area contributed by atoms with Crippen molar-refractivity contribution in [3.05, 3.63) is 77.9 Å². The Labute approximate surface area is 261 Å². The van der Waals surface area contributed by atoms with Crippen LogP contribution in [-0.4, -0.2) is 64.6 Å². The van der Waals surface area contributed by atoms with Crippen molar-refractivity contribution >= 4 is 27.5 Å². The molecule has 0 heterocycles. The first-order valence-electron chi connectivity index (χ1n) is 14.6. The molecule has 0 spiro atoms. The molecule has 3 rings (SSSR count). The van der Waals surface area contributed by atoms with Gasteiger partial charge in [0.25, 0.3) is 10.0 Å². The van der Waals surface area contributed by atoms with Crippen LogP contribution in [-0.2, 0) is 26.2 Å². The van der Waals surface area contributed by atoms with Crippen LogP contribution in [0.5, 0.6) is 17.2 Å². The maximum atomic E-state index is 14.2. The van der Waals surface area contributed by atoms with Crippen molar-refractivity contribution in [3.63, 3.8) is 0 Å². The lowest BCUT2D eigenvalue weighted by molar-refractivity contribution is -0.139. The molecule has 11 heteroatoms. The molecule has 1 N–H and O–H groups in total. The number of nitrogens with one attached hydrogen (secondary N) is 1. The smallest absolute Gasteiger partial charge is 0.264 e. The fourth-order valence-electron chi connectivity index (χ4n) is 4.45. The summed E-state index contributed by atoms with van der Waals surface area (Å²) >= 11 is 0. The molecular weight excluding hydrogens is 582 g/mol. The van der Waals surface area contributed by atoms with Crippen molar-refractivity contribution in [1.29, 1.82) is 0 Å². The van der Waals surface area contributed by atoms with Crippen LogP contribution in [0.2, 0.25) is 0 Å². The number of hydrogen-bond acceptors (Lipinski definition) is 7. The number of hydrogen-bond donors (Lipinski definition) is 1. The first-order valence-corrected chi connectivity index (χ1v) is 16.0. The molecule has 3 aromatic carbocycles. The third kappa shape index (κ3) is 8.43. The molecule has 0 bridgehead atoms. The summed E-state index contributed by atoms with van der Waals surface area (Å²) in [6.07, 6.45) is 0.722. The highest BCUT2D eigenvalue weighted by molar-refractivity contribution is 7.92. The van der Waals surface area contributed by atoms with Crippen LogP contribution in [0.25, 0.3) is 0 Å². The van der Waals surface area contributed by atoms with E-state index in [4.69, 9.17) is 14.2 Å². The molecule has 0 unspecified atom stereocenters. The van der Waals surface area contributed by atoms with Crippen LogP contribution in [0.15, 0.2) is 71.6 Å². The van der Waals surface area contributed by atoms with Gasteiger partial charge in [-0.2, -0.15) is 0 Å². The van der Waals surface area contributed by atoms with Gasteiger partial charge in [0, 0.05) is 18.7 Å². The molecule has 0 aliphatic carbocycles. The van der Waals surface area contributed by atoms with Gasteiger partial charge in [-0.15, -0.1) is 0 Å². The molecule has 2 atom stereocenters. The third-order valence-corrected chi connectivity index (χ3v) is 9.07. The number of benzene rings is 3. The maximum absolute atomic E-state index is 14.2. The molecule has 0 fully saturated rings. The lowest BCUT2D eigenvalue weighted by atomic mass is 10.1. The lowest BCUT2D eigenvalue weighted by Crippen LogP contribution is -2.52. The van der Waals surface area contributed by atoms with Gasteiger partial charge in [0.15, 0.2) is 11.5 Å². The van der Waals surface area contributed by atoms with E-state index < -0.39 is 28.5 Å². The zero-order valence-corrected chi connectivity index (χ0v) is 27.3. The van der Waals surface area contributed by atoms with Gasteiger partial charge >= 0.3 is 0 Å². The summed E-state index contributed by atoms with van der Waals surface area (Å²) in [5.74, 6) is 0.274. The maximum Gasteiger partial charge on any atom is 0.264 e. The quantitative estimate of drug-likeness (QED) is 0.255. The Morgan fingerprint density at radius 1 is 0.886 bits per heavy atom. The Balaban J connectivity index is 2.07. The van der Waals surface area contributed by atoms with E-state index in [1.165, 1.54) is 37.3 Å². The number of aryl methyl sites for hydroxylation is 1. The van der Waals surface area contributed by atoms with Gasteiger partial charge in [-0.3, -0.25) is 13.9 Å². The van der Waals surface area contributed by atoms with Crippen LogP contribution < -0.4 is 23.8 Å². The lowest BCUT2D eigenvalue weighted by Gasteiger charge is -2.32. The molecule has 0 saturated carbocycles. The van der Waals surface area contributed by atoms with Gasteiger partial charge in [0.05, 0.1) is 31.4 Å². The number of ether oxygens (including phenoxy) is 3. The SMILES string of the molecule is CCOc1ccc(N(CC(=O)N(Cc2ccc(C)cc2)[C@@H](C)C(=O)N[C@H](C)CC)S(=O)(=O)c2ccc(OC)c(OC)c2)cc1. The van der Waals surface area contributed by atoms with Gasteiger partial charge in [-0.25, -0.2) is 8.42 Å². The minimum atomic E-state index is -4.30. The van der Waals surface area contributed by atoms with Crippen LogP contribution in [0, 0.1) is 6.92 Å². The van der Waals surface area contributed by atoms with E-state index in [0.29, 0.717) is 18.1 Å². The minimum absolute atomic E-state index is 0.0907. The zero-order chi connectivity index (χ0) is 32.4. The van der Waals surface area contributed by atoms with E-state index in [1.54, 1.807) is 31.2 Å². The van der Waals surface area contributed by atoms with Gasteiger partial charge in [-0.1, -0.05) is 36.8 Å². The summed E-state index contributed by atoms with van der Waals surface area (Å²) in [5.41, 5.74) is 2.11. The number of carbonyl (C=O) groups excluding carboxylic acids is 2. The standard InChI is InChI=1S/C33H43N3O7S/c1-8-24(4)34-33(38)25(5)35(21-26-12-10-23(3)11-13-26)32(37)22-36(27-14-16-28(17-15-27)43-9-2)44(39,40)29-18-19-30(41-6)31(20-29)42-7/h10-20,24-25H,8-9,21-22H2,1-7H3,(H,34,38)/t24-,25+/m1/s1. The van der Waals surface area contributed by atoms with Gasteiger partial charge < -0.3 is 24.4 Å². The summed E-state index contributed by atoms with van der Waals surface area (Å²) in [6.45, 7) is 9.30. The monoisotopic (exact) mass is 625 g/mol. The molecular formula is C33H43N3O7S. The van der Waals surface area contributed by atoms with Crippen LogP contribution in [0.4, 0.5) is 5.69 Å². The molecule has 0 radical (unpaired) electrons. The number of carbonyl (C=O) groups is 2. The Bertz CT molecular complexity index is 1510. The first-order chi connectivity index (χ1) is 20.9. The Kier molecular flexibility index (Phi) is 12.0. The minimum Gasteiger partial charge on any atom is -0.494 e. The predicted molar refractivity (Wildman–Crippen MR) is 171 cm³/mol. The molecule has 0 aromatic heterocycles. The number of sulfonamides is 1. The van der Waals surface area contributed by atoms with E-state index in [9.17, 15) is 18.0 Å². The normalized spacial score (nSPS) is 12.5. The summed E-state index contributed by atoms with van der Waals surface area (Å²) < 4.78 is 45.6. The van der Waals surface area contributed by atoms with Crippen LogP contribution >= 0.6 is 0 Å². The number of nitrogens with zero attached hydrogens (tertiary/aromatic N) is 2. The van der Waals surface area contributed by atoms with Gasteiger partial charge in [-0.05, 0) is 76.1 Å². The van der Waals surface area contributed by atoms with Gasteiger partial charge in [0.2, 0.25) is 11.8 Å². The van der Waals surface area contributed by atoms with Crippen molar-refractivity contribution in [1.82, 2.24) is 10.2 Å². The Morgan fingerprint density at radius 3 is 2.09 bits per heavy atom. The average molecular weight is 626 g/mol. The number of anilines is 1. The highest BCUT2D eigenvalue weighted by Gasteiger charge is 2.33. The second-order valence-corrected chi connectivity index (χ2v) is 12.3. The highest BCUT2D eigenvalue weighted by atomic mass is 32.2. The van der Waals surface area contributed by atoms with Crippen molar-refractivity contribution in [3.8, 4) is 17.2 Å². The van der Waals surface area contributed by atoms with Crippen LogP contribution in [0.3, 0.4) is 0 Å². The molecule has 10 nitrogen and oxygen atoms in total. The molecule has 0 aliphatic rings. The fourth-order valence-corrected chi connectivity index (χ4v) is 5.88. The van der Waals surface area contributed by atoms with E-state index in [0.717, 1.165) is 21.9 Å². The summed E-state index contributed by atoms with van der Waals surface area (Å²) in [6, 6.07) is 17.4. The average Bonchev–Trinajstić information content (AvgIpc) is 3.02. The van der Waals surface area contributed by atoms with E-state index in [-0.39, 0.29) is 34.8 Å². The third-order valence-electron chi connectivity index (χ3n) is 7.30. The molecule has 44 heavy (non-hydrogen) atoms. The van der Waals surface area contributed by atoms with E-state index in [2.05, 4.69) is 5.32 Å². The second kappa shape index (κ2) is 15.5. The van der Waals surface area contributed by atoms with Crippen molar-refractivity contribution in [2.75, 3.05) is 31.7 Å². The van der Waals surface area contributed by atoms with Crippen molar-refractivity contribution < 1.29 is 32.2 Å². The molecule has 2 amide bonds. The number of methoxy groups -OCH3 is 2. The molecule has 3 aromatic rings. The number of rotatable bonds is 15. The Hall–Kier alpha value is -4.25. The molecule has 238 valence electrons. The Morgan fingerprint density at radius 2 is 1.52 bits per heavy atom. The van der Waals surface area contributed by atoms with Crippen molar-refractivity contribution in [2.24, 2.45) is 0 Å². The zero-order valence-electron chi connectivity index (χ0n) is 26.5. The van der Waals surface area contributed by atoms with E-state index >= 15 is 0 Å². The largest absolute Gasteiger partial charge is 0.494 e. The number of amides is 2. The first kappa shape index (κ1) is 34.2. The van der Waals surface area contributed by atoms with Crippen LogP contribution in [0.1, 0.15) is 45.2 Å². The summed E-state index contributed by atoms with van der Waals surface area (Å²) in [5, 5.41) is 2.94. The van der Waals surface area contributed by atoms with Crippen molar-refractivity contribution in [2.45, 2.75) is 64.6 Å². The predicted octanol–water partition coefficient (Wildman–Crippen LogP) is 4.94. The second-order valence-electron chi connectivity index (χ2n) is 10.5. The summed E-state index contributed by atoms with van der Waals surface area (Å²) in [7, 11) is -1.43.